The summed E-state index contributed by atoms with van der Waals surface area (Å²) in [6.07, 6.45) is 0. The van der Waals surface area contributed by atoms with Gasteiger partial charge >= 0.3 is 0 Å². The number of hydrogen-bond acceptors (Lipinski definition) is 3. The molecule has 2 N–H and O–H groups in total. The van der Waals surface area contributed by atoms with E-state index in [9.17, 15) is 9.90 Å². The zero-order chi connectivity index (χ0) is 15.1. The van der Waals surface area contributed by atoms with Crippen LogP contribution >= 0.6 is 35.4 Å². The van der Waals surface area contributed by atoms with Crippen LogP contribution in [-0.2, 0) is 0 Å². The molecule has 0 saturated heterocycles. The predicted molar refractivity (Wildman–Crippen MR) is 86.4 cm³/mol. The van der Waals surface area contributed by atoms with Crippen LogP contribution in [0.5, 0.6) is 5.75 Å². The molecule has 0 radical (unpaired) electrons. The summed E-state index contributed by atoms with van der Waals surface area (Å²) >= 11 is 17.1. The molecule has 0 aliphatic rings. The van der Waals surface area contributed by atoms with Crippen LogP contribution < -0.4 is 5.56 Å². The van der Waals surface area contributed by atoms with Gasteiger partial charge in [-0.05, 0) is 30.4 Å². The zero-order valence-electron chi connectivity index (χ0n) is 10.4. The van der Waals surface area contributed by atoms with Crippen LogP contribution in [0.3, 0.4) is 0 Å². The molecule has 4 nitrogen and oxygen atoms in total. The number of aromatic nitrogens is 2. The number of phenols is 1. The lowest BCUT2D eigenvalue weighted by atomic mass is 10.2. The summed E-state index contributed by atoms with van der Waals surface area (Å²) < 4.78 is 1.41. The highest BCUT2D eigenvalue weighted by Crippen LogP contribution is 2.31. The molecule has 21 heavy (non-hydrogen) atoms. The maximum Gasteiger partial charge on any atom is 0.266 e. The van der Waals surface area contributed by atoms with Crippen LogP contribution in [0.15, 0.2) is 41.2 Å². The molecule has 0 aliphatic heterocycles. The maximum atomic E-state index is 12.6. The number of halogens is 2. The van der Waals surface area contributed by atoms with Crippen LogP contribution in [0.4, 0.5) is 0 Å². The number of hydrogen-bond donors (Lipinski definition) is 2. The lowest BCUT2D eigenvalue weighted by Gasteiger charge is -2.11. The van der Waals surface area contributed by atoms with Crippen molar-refractivity contribution >= 4 is 46.3 Å². The Labute approximate surface area is 134 Å². The number of nitrogens with one attached hydrogen (secondary N) is 1. The normalized spacial score (nSPS) is 11.0. The molecule has 3 aromatic rings. The molecule has 2 aromatic carbocycles. The molecule has 0 spiro atoms. The smallest absolute Gasteiger partial charge is 0.266 e. The summed E-state index contributed by atoms with van der Waals surface area (Å²) in [5, 5.41) is 10.5. The topological polar surface area (TPSA) is 58.0 Å². The highest BCUT2D eigenvalue weighted by atomic mass is 35.5. The minimum atomic E-state index is -0.321. The van der Waals surface area contributed by atoms with E-state index < -0.39 is 0 Å². The minimum Gasteiger partial charge on any atom is -0.506 e. The summed E-state index contributed by atoms with van der Waals surface area (Å²) in [4.78, 5) is 15.6. The van der Waals surface area contributed by atoms with Crippen molar-refractivity contribution in [2.75, 3.05) is 0 Å². The standard InChI is InChI=1S/C14H8Cl2N2O2S/c15-8-5-9(16)12(19)6-11(8)18-13(20)7-3-1-2-4-10(7)17-14(18)21/h1-6,19H,(H,17,21). The number of para-hydroxylation sites is 1. The van der Waals surface area contributed by atoms with Gasteiger partial charge in [-0.2, -0.15) is 0 Å². The van der Waals surface area contributed by atoms with Crippen molar-refractivity contribution in [3.8, 4) is 11.4 Å². The summed E-state index contributed by atoms with van der Waals surface area (Å²) in [6, 6.07) is 9.68. The van der Waals surface area contributed by atoms with Gasteiger partial charge in [-0.15, -0.1) is 0 Å². The minimum absolute atomic E-state index is 0.104. The number of aromatic hydroxyl groups is 1. The first-order valence-electron chi connectivity index (χ1n) is 5.91. The van der Waals surface area contributed by atoms with E-state index in [0.717, 1.165) is 0 Å². The Hall–Kier alpha value is -1.82. The van der Waals surface area contributed by atoms with Gasteiger partial charge in [0.2, 0.25) is 0 Å². The largest absolute Gasteiger partial charge is 0.506 e. The Morgan fingerprint density at radius 3 is 2.62 bits per heavy atom. The molecule has 1 heterocycles. The molecule has 0 aliphatic carbocycles. The van der Waals surface area contributed by atoms with Crippen LogP contribution in [0, 0.1) is 4.77 Å². The van der Waals surface area contributed by atoms with E-state index in [4.69, 9.17) is 35.4 Å². The van der Waals surface area contributed by atoms with Gasteiger partial charge in [-0.1, -0.05) is 35.3 Å². The second-order valence-corrected chi connectivity index (χ2v) is 5.57. The summed E-state index contributed by atoms with van der Waals surface area (Å²) in [7, 11) is 0. The molecule has 106 valence electrons. The van der Waals surface area contributed by atoms with Crippen molar-refractivity contribution in [3.63, 3.8) is 0 Å². The molecule has 0 amide bonds. The lowest BCUT2D eigenvalue weighted by molar-refractivity contribution is 0.475. The number of phenolic OH excluding ortho intramolecular Hbond substituents is 1. The average Bonchev–Trinajstić information content (AvgIpc) is 2.44. The average molecular weight is 339 g/mol. The van der Waals surface area contributed by atoms with Gasteiger partial charge in [0, 0.05) is 6.07 Å². The molecular formula is C14H8Cl2N2O2S. The van der Waals surface area contributed by atoms with E-state index in [-0.39, 0.29) is 31.8 Å². The maximum absolute atomic E-state index is 12.6. The Bertz CT molecular complexity index is 979. The van der Waals surface area contributed by atoms with Gasteiger partial charge in [0.25, 0.3) is 5.56 Å². The number of H-pyrrole nitrogens is 1. The fourth-order valence-corrected chi connectivity index (χ4v) is 2.84. The van der Waals surface area contributed by atoms with Gasteiger partial charge in [-0.25, -0.2) is 0 Å². The van der Waals surface area contributed by atoms with E-state index >= 15 is 0 Å². The van der Waals surface area contributed by atoms with Crippen molar-refractivity contribution in [2.24, 2.45) is 0 Å². The van der Waals surface area contributed by atoms with E-state index in [1.165, 1.54) is 16.7 Å². The molecule has 0 fully saturated rings. The van der Waals surface area contributed by atoms with Crippen molar-refractivity contribution < 1.29 is 5.11 Å². The molecule has 3 rings (SSSR count). The first-order chi connectivity index (χ1) is 9.99. The van der Waals surface area contributed by atoms with Crippen molar-refractivity contribution in [3.05, 3.63) is 61.6 Å². The number of benzene rings is 2. The quantitative estimate of drug-likeness (QED) is 0.658. The van der Waals surface area contributed by atoms with Crippen molar-refractivity contribution in [2.45, 2.75) is 0 Å². The number of nitrogens with zero attached hydrogens (tertiary/aromatic N) is 1. The van der Waals surface area contributed by atoms with Crippen LogP contribution in [0.25, 0.3) is 16.6 Å². The second kappa shape index (κ2) is 5.18. The summed E-state index contributed by atoms with van der Waals surface area (Å²) in [6.45, 7) is 0. The van der Waals surface area contributed by atoms with Crippen LogP contribution in [0.2, 0.25) is 10.0 Å². The highest BCUT2D eigenvalue weighted by Gasteiger charge is 2.13. The zero-order valence-corrected chi connectivity index (χ0v) is 12.8. The molecule has 0 bridgehead atoms. The summed E-state index contributed by atoms with van der Waals surface area (Å²) in [5.74, 6) is -0.175. The summed E-state index contributed by atoms with van der Waals surface area (Å²) in [5.41, 5.74) is 0.589. The molecule has 0 saturated carbocycles. The van der Waals surface area contributed by atoms with Gasteiger partial charge in [0.15, 0.2) is 4.77 Å². The Kier molecular flexibility index (Phi) is 3.49. The van der Waals surface area contributed by atoms with E-state index in [0.29, 0.717) is 10.9 Å². The highest BCUT2D eigenvalue weighted by molar-refractivity contribution is 7.71. The Morgan fingerprint density at radius 1 is 1.14 bits per heavy atom. The van der Waals surface area contributed by atoms with Crippen molar-refractivity contribution in [1.82, 2.24) is 9.55 Å². The third-order valence-corrected chi connectivity index (χ3v) is 3.95. The molecule has 0 atom stereocenters. The molecule has 7 heteroatoms. The van der Waals surface area contributed by atoms with Gasteiger partial charge in [0.05, 0.1) is 26.6 Å². The second-order valence-electron chi connectivity index (χ2n) is 4.37. The van der Waals surface area contributed by atoms with Crippen LogP contribution in [0.1, 0.15) is 0 Å². The first kappa shape index (κ1) is 14.1. The van der Waals surface area contributed by atoms with Gasteiger partial charge in [0.1, 0.15) is 5.75 Å². The van der Waals surface area contributed by atoms with Crippen LogP contribution in [-0.4, -0.2) is 14.7 Å². The third-order valence-electron chi connectivity index (χ3n) is 3.06. The van der Waals surface area contributed by atoms with E-state index in [1.807, 2.05) is 0 Å². The fourth-order valence-electron chi connectivity index (χ4n) is 2.08. The predicted octanol–water partition coefficient (Wildman–Crippen LogP) is 4.06. The Morgan fingerprint density at radius 2 is 1.86 bits per heavy atom. The number of aromatic amines is 1. The van der Waals surface area contributed by atoms with Gasteiger partial charge < -0.3 is 10.1 Å². The number of fused-ring (bicyclic) bond motifs is 1. The van der Waals surface area contributed by atoms with E-state index in [2.05, 4.69) is 4.98 Å². The molecule has 0 unspecified atom stereocenters. The fraction of sp³-hybridized carbons (Fsp3) is 0. The number of rotatable bonds is 1. The SMILES string of the molecule is O=c1c2ccccc2[nH]c(=S)n1-c1cc(O)c(Cl)cc1Cl. The lowest BCUT2D eigenvalue weighted by Crippen LogP contribution is -2.20. The first-order valence-corrected chi connectivity index (χ1v) is 7.08. The van der Waals surface area contributed by atoms with Gasteiger partial charge in [-0.3, -0.25) is 9.36 Å². The third kappa shape index (κ3) is 2.33. The van der Waals surface area contributed by atoms with Crippen molar-refractivity contribution in [1.29, 1.82) is 0 Å². The molecule has 1 aromatic heterocycles. The molecular weight excluding hydrogens is 331 g/mol. The Balaban J connectivity index is 2.44. The van der Waals surface area contributed by atoms with E-state index in [1.54, 1.807) is 24.3 Å². The monoisotopic (exact) mass is 338 g/mol.